The van der Waals surface area contributed by atoms with Crippen LogP contribution in [0, 0.1) is 17.7 Å². The van der Waals surface area contributed by atoms with Crippen LogP contribution in [0.5, 0.6) is 0 Å². The Morgan fingerprint density at radius 1 is 1.32 bits per heavy atom. The lowest BCUT2D eigenvalue weighted by Crippen LogP contribution is -2.37. The highest BCUT2D eigenvalue weighted by molar-refractivity contribution is 6.00. The Kier molecular flexibility index (Phi) is 6.43. The van der Waals surface area contributed by atoms with Gasteiger partial charge in [-0.05, 0) is 37.3 Å². The molecule has 2 fully saturated rings. The first-order valence-electron chi connectivity index (χ1n) is 12.1. The molecule has 1 aliphatic carbocycles. The number of primary amides is 1. The molecule has 2 amide bonds. The number of imidazole rings is 1. The number of rotatable bonds is 7. The van der Waals surface area contributed by atoms with Crippen LogP contribution < -0.4 is 11.1 Å². The third-order valence-electron chi connectivity index (χ3n) is 6.87. The van der Waals surface area contributed by atoms with E-state index in [1.165, 1.54) is 12.1 Å². The first kappa shape index (κ1) is 24.5. The van der Waals surface area contributed by atoms with Gasteiger partial charge >= 0.3 is 0 Å². The molecule has 1 saturated carbocycles. The van der Waals surface area contributed by atoms with Crippen molar-refractivity contribution >= 4 is 28.7 Å². The number of ether oxygens (including phenoxy) is 1. The van der Waals surface area contributed by atoms with Gasteiger partial charge in [0.05, 0.1) is 41.6 Å². The van der Waals surface area contributed by atoms with Crippen molar-refractivity contribution in [2.75, 3.05) is 32.6 Å². The number of nitrogens with zero attached hydrogens (tertiary/aromatic N) is 5. The number of halogens is 1. The molecule has 2 aliphatic rings. The van der Waals surface area contributed by atoms with E-state index in [2.05, 4.69) is 33.8 Å². The summed E-state index contributed by atoms with van der Waals surface area (Å²) in [5.74, 6) is 4.62. The van der Waals surface area contributed by atoms with Gasteiger partial charge in [-0.25, -0.2) is 14.1 Å². The largest absolute Gasteiger partial charge is 0.383 e. The third-order valence-corrected chi connectivity index (χ3v) is 6.87. The van der Waals surface area contributed by atoms with Crippen molar-refractivity contribution in [3.8, 4) is 11.8 Å². The average molecular weight is 506 g/mol. The lowest BCUT2D eigenvalue weighted by atomic mass is 10.1. The average Bonchev–Trinajstić information content (AvgIpc) is 3.33. The van der Waals surface area contributed by atoms with Gasteiger partial charge in [0.15, 0.2) is 5.69 Å². The fraction of sp³-hybridized carbons (Fsp3) is 0.385. The second-order valence-electron chi connectivity index (χ2n) is 9.28. The van der Waals surface area contributed by atoms with Gasteiger partial charge in [0.25, 0.3) is 5.91 Å². The van der Waals surface area contributed by atoms with Crippen molar-refractivity contribution in [2.45, 2.75) is 37.4 Å². The summed E-state index contributed by atoms with van der Waals surface area (Å²) in [7, 11) is 3.22. The maximum Gasteiger partial charge on any atom is 0.255 e. The Hall–Kier alpha value is -4.17. The highest BCUT2D eigenvalue weighted by Crippen LogP contribution is 2.37. The topological polar surface area (TPSA) is 120 Å². The zero-order valence-corrected chi connectivity index (χ0v) is 20.7. The van der Waals surface area contributed by atoms with E-state index in [0.29, 0.717) is 36.9 Å². The molecule has 2 atom stereocenters. The number of hydrogen-bond donors (Lipinski definition) is 2. The molecule has 1 saturated heterocycles. The van der Waals surface area contributed by atoms with E-state index in [9.17, 15) is 14.0 Å². The van der Waals surface area contributed by atoms with Gasteiger partial charge in [0.1, 0.15) is 17.2 Å². The summed E-state index contributed by atoms with van der Waals surface area (Å²) >= 11 is 0. The number of aromatic nitrogens is 4. The van der Waals surface area contributed by atoms with E-state index in [4.69, 9.17) is 10.5 Å². The Bertz CT molecular complexity index is 1460. The number of fused-ring (bicyclic) bond motifs is 1. The number of nitrogens with one attached hydrogen (secondary N) is 1. The summed E-state index contributed by atoms with van der Waals surface area (Å²) in [4.78, 5) is 30.9. The van der Waals surface area contributed by atoms with Crippen LogP contribution in [0.2, 0.25) is 0 Å². The molecular weight excluding hydrogens is 477 g/mol. The second kappa shape index (κ2) is 9.71. The number of hydrogen-bond acceptors (Lipinski definition) is 6. The fourth-order valence-electron chi connectivity index (χ4n) is 4.98. The van der Waals surface area contributed by atoms with Crippen molar-refractivity contribution in [1.29, 1.82) is 0 Å². The number of likely N-dealkylation sites (tertiary alicyclic amines) is 1. The van der Waals surface area contributed by atoms with E-state index in [1.54, 1.807) is 36.1 Å². The van der Waals surface area contributed by atoms with Crippen LogP contribution in [-0.4, -0.2) is 69.4 Å². The number of benzene rings is 1. The van der Waals surface area contributed by atoms with Crippen LogP contribution in [0.4, 0.5) is 10.2 Å². The minimum absolute atomic E-state index is 0.103. The van der Waals surface area contributed by atoms with Crippen molar-refractivity contribution < 1.29 is 18.7 Å². The van der Waals surface area contributed by atoms with Gasteiger partial charge in [0, 0.05) is 32.8 Å². The lowest BCUT2D eigenvalue weighted by molar-refractivity contribution is -0.127. The highest BCUT2D eigenvalue weighted by atomic mass is 19.1. The zero-order valence-electron chi connectivity index (χ0n) is 20.7. The van der Waals surface area contributed by atoms with Crippen LogP contribution in [0.15, 0.2) is 31.1 Å². The molecule has 3 aromatic rings. The van der Waals surface area contributed by atoms with Gasteiger partial charge in [-0.15, -0.1) is 0 Å². The quantitative estimate of drug-likeness (QED) is 0.375. The van der Waals surface area contributed by atoms with Crippen LogP contribution >= 0.6 is 0 Å². The van der Waals surface area contributed by atoms with E-state index in [0.717, 1.165) is 18.4 Å². The van der Waals surface area contributed by atoms with Gasteiger partial charge < -0.3 is 25.3 Å². The maximum absolute atomic E-state index is 15.0. The fourth-order valence-corrected chi connectivity index (χ4v) is 4.98. The molecule has 1 aromatic carbocycles. The number of nitrogens with two attached hydrogens (primary N) is 1. The molecule has 5 rings (SSSR count). The zero-order chi connectivity index (χ0) is 26.3. The first-order chi connectivity index (χ1) is 17.9. The predicted molar refractivity (Wildman–Crippen MR) is 135 cm³/mol. The number of amides is 2. The second-order valence-corrected chi connectivity index (χ2v) is 9.28. The standard InChI is InChI=1S/C26H28FN7O3/c1-4-23(35)32-12-17(10-18(32)13-37-3)34-26(29-2)24(25(28)36)20(31-34)8-5-15-9-21-22(11-19(15)27)33(14-30-21)16-6-7-16/h4,9,11,14,16-18,29H,1,6-7,10,12-13H2,2-3H3,(H2,28,36)/t17-,18+/m0/s1. The minimum atomic E-state index is -0.718. The van der Waals surface area contributed by atoms with Gasteiger partial charge in [0.2, 0.25) is 5.91 Å². The van der Waals surface area contributed by atoms with E-state index in [-0.39, 0.29) is 34.8 Å². The van der Waals surface area contributed by atoms with Gasteiger partial charge in [-0.2, -0.15) is 5.10 Å². The predicted octanol–water partition coefficient (Wildman–Crippen LogP) is 2.22. The molecule has 1 aliphatic heterocycles. The maximum atomic E-state index is 15.0. The molecule has 11 heteroatoms. The molecule has 0 spiro atoms. The van der Waals surface area contributed by atoms with Gasteiger partial charge in [-0.3, -0.25) is 9.59 Å². The minimum Gasteiger partial charge on any atom is -0.383 e. The normalized spacial score (nSPS) is 19.1. The lowest BCUT2D eigenvalue weighted by Gasteiger charge is -2.22. The SMILES string of the molecule is C=CC(=O)N1C[C@@H](n2nc(C#Cc3cc4ncn(C5CC5)c4cc3F)c(C(N)=O)c2NC)C[C@@H]1COC. The Morgan fingerprint density at radius 2 is 2.11 bits per heavy atom. The Balaban J connectivity index is 1.52. The molecule has 0 unspecified atom stereocenters. The van der Waals surface area contributed by atoms with Crippen LogP contribution in [0.25, 0.3) is 11.0 Å². The first-order valence-corrected chi connectivity index (χ1v) is 12.1. The number of methoxy groups -OCH3 is 1. The molecule has 0 bridgehead atoms. The number of carbonyl (C=O) groups is 2. The Labute approximate surface area is 213 Å². The van der Waals surface area contributed by atoms with Crippen LogP contribution in [-0.2, 0) is 9.53 Å². The smallest absolute Gasteiger partial charge is 0.255 e. The summed E-state index contributed by atoms with van der Waals surface area (Å²) in [6.45, 7) is 4.27. The summed E-state index contributed by atoms with van der Waals surface area (Å²) in [5.41, 5.74) is 7.45. The summed E-state index contributed by atoms with van der Waals surface area (Å²) in [5, 5.41) is 7.56. The molecule has 3 N–H and O–H groups in total. The molecule has 3 heterocycles. The summed E-state index contributed by atoms with van der Waals surface area (Å²) < 4.78 is 23.9. The third kappa shape index (κ3) is 4.44. The van der Waals surface area contributed by atoms with E-state index < -0.39 is 11.7 Å². The van der Waals surface area contributed by atoms with E-state index >= 15 is 0 Å². The van der Waals surface area contributed by atoms with Crippen molar-refractivity contribution in [1.82, 2.24) is 24.2 Å². The molecule has 0 radical (unpaired) electrons. The number of carbonyl (C=O) groups excluding carboxylic acids is 2. The van der Waals surface area contributed by atoms with E-state index in [1.807, 2.05) is 4.57 Å². The molecule has 192 valence electrons. The summed E-state index contributed by atoms with van der Waals surface area (Å²) in [6, 6.07) is 2.97. The molecular formula is C26H28FN7O3. The van der Waals surface area contributed by atoms with Crippen LogP contribution in [0.3, 0.4) is 0 Å². The van der Waals surface area contributed by atoms with Crippen molar-refractivity contribution in [3.63, 3.8) is 0 Å². The Morgan fingerprint density at radius 3 is 2.76 bits per heavy atom. The number of anilines is 1. The molecule has 37 heavy (non-hydrogen) atoms. The molecule has 2 aromatic heterocycles. The van der Waals surface area contributed by atoms with Gasteiger partial charge in [-0.1, -0.05) is 12.5 Å². The van der Waals surface area contributed by atoms with Crippen molar-refractivity contribution in [2.24, 2.45) is 5.73 Å². The van der Waals surface area contributed by atoms with Crippen LogP contribution in [0.1, 0.15) is 53.0 Å². The molecule has 10 nitrogen and oxygen atoms in total. The summed E-state index contributed by atoms with van der Waals surface area (Å²) in [6.07, 6.45) is 5.66. The monoisotopic (exact) mass is 505 g/mol. The highest BCUT2D eigenvalue weighted by Gasteiger charge is 2.38. The van der Waals surface area contributed by atoms with Crippen molar-refractivity contribution in [3.05, 3.63) is 53.8 Å².